The number of unbranched alkanes of at least 4 members (excludes halogenated alkanes) is 32. The Morgan fingerprint density at radius 3 is 0.965 bits per heavy atom. The zero-order valence-electron chi connectivity index (χ0n) is 54.8. The first-order valence-corrected chi connectivity index (χ1v) is 36.5. The van der Waals surface area contributed by atoms with Crippen molar-refractivity contribution in [2.45, 2.75) is 315 Å². The standard InChI is InChI=1S/C75H130NO8P/c1-3-5-7-9-11-13-15-17-19-21-23-25-27-29-31-33-34-35-36-37-38-40-41-43-45-47-49-51-53-55-57-59-61-63-65-67-74(77)81-71-73(72-83-85(79,80)82-70-69-76)84-75(78)68-66-64-62-60-58-56-54-52-50-48-46-44-42-39-32-30-28-26-24-22-20-18-16-14-12-10-8-6-4-2/h6,8,12,14-15,17-18,20-21,23-24,26,30,32,42,44,48,50,54,56,73H,3-5,7,9-11,13,16,19,22,25,27-29,31,33-41,43,45-47,49,51-53,55,57-72,76H2,1-2H3,(H,79,80)/b8-6-,14-12-,17-15-,20-18-,23-21-,26-24-,32-30-,44-42-,50-48-,56-54-. The molecule has 85 heavy (non-hydrogen) atoms. The molecule has 0 saturated heterocycles. The monoisotopic (exact) mass is 1200 g/mol. The molecule has 3 N–H and O–H groups in total. The molecule has 2 unspecified atom stereocenters. The Bertz CT molecular complexity index is 1810. The number of rotatable bonds is 65. The van der Waals surface area contributed by atoms with Crippen LogP contribution < -0.4 is 5.73 Å². The fourth-order valence-corrected chi connectivity index (χ4v) is 10.5. The van der Waals surface area contributed by atoms with Crippen LogP contribution in [0.15, 0.2) is 122 Å². The lowest BCUT2D eigenvalue weighted by Gasteiger charge is -2.19. The summed E-state index contributed by atoms with van der Waals surface area (Å²) < 4.78 is 33.1. The van der Waals surface area contributed by atoms with E-state index in [2.05, 4.69) is 135 Å². The first kappa shape index (κ1) is 81.4. The van der Waals surface area contributed by atoms with E-state index in [-0.39, 0.29) is 38.6 Å². The van der Waals surface area contributed by atoms with Gasteiger partial charge in [-0.2, -0.15) is 0 Å². The number of esters is 2. The highest BCUT2D eigenvalue weighted by Crippen LogP contribution is 2.43. The van der Waals surface area contributed by atoms with Gasteiger partial charge >= 0.3 is 19.8 Å². The Hall–Kier alpha value is -3.59. The van der Waals surface area contributed by atoms with Crippen molar-refractivity contribution in [3.8, 4) is 0 Å². The maximum atomic E-state index is 12.7. The second-order valence-electron chi connectivity index (χ2n) is 23.0. The van der Waals surface area contributed by atoms with Crippen LogP contribution in [0.4, 0.5) is 0 Å². The van der Waals surface area contributed by atoms with Gasteiger partial charge in [-0.15, -0.1) is 0 Å². The van der Waals surface area contributed by atoms with Crippen molar-refractivity contribution < 1.29 is 37.6 Å². The van der Waals surface area contributed by atoms with Crippen LogP contribution in [0.2, 0.25) is 0 Å². The van der Waals surface area contributed by atoms with E-state index in [0.717, 1.165) is 103 Å². The minimum absolute atomic E-state index is 0.0439. The number of nitrogens with two attached hydrogens (primary N) is 1. The summed E-state index contributed by atoms with van der Waals surface area (Å²) in [7, 11) is -4.41. The molecular weight excluding hydrogens is 1070 g/mol. The average Bonchev–Trinajstić information content (AvgIpc) is 3.52. The van der Waals surface area contributed by atoms with Crippen LogP contribution in [0.3, 0.4) is 0 Å². The second kappa shape index (κ2) is 69.5. The van der Waals surface area contributed by atoms with Crippen LogP contribution in [-0.4, -0.2) is 49.3 Å². The van der Waals surface area contributed by atoms with Gasteiger partial charge in [-0.1, -0.05) is 309 Å². The molecule has 0 aliphatic heterocycles. The van der Waals surface area contributed by atoms with E-state index in [4.69, 9.17) is 24.3 Å². The number of phosphoric ester groups is 1. The fourth-order valence-electron chi connectivity index (χ4n) is 9.68. The van der Waals surface area contributed by atoms with Crippen LogP contribution in [0.5, 0.6) is 0 Å². The largest absolute Gasteiger partial charge is 0.472 e. The van der Waals surface area contributed by atoms with Gasteiger partial charge in [0.15, 0.2) is 6.10 Å². The van der Waals surface area contributed by atoms with Crippen LogP contribution in [0, 0.1) is 0 Å². The Morgan fingerprint density at radius 1 is 0.365 bits per heavy atom. The summed E-state index contributed by atoms with van der Waals surface area (Å²) in [5, 5.41) is 0. The summed E-state index contributed by atoms with van der Waals surface area (Å²) in [6, 6.07) is 0. The third kappa shape index (κ3) is 69.4. The molecule has 0 aromatic carbocycles. The van der Waals surface area contributed by atoms with Gasteiger partial charge in [-0.3, -0.25) is 18.6 Å². The SMILES string of the molecule is CC/C=C\C/C=C\C/C=C\C/C=C\C/C=C\C/C=C\C/C=C\C/C=C\CCCCCCC(=O)OC(COC(=O)CCCCCCCCCCCCCCCCCCCCCCCCC/C=C\C/C=C\CCCCCCC)COP(=O)(O)OCCN. The van der Waals surface area contributed by atoms with Gasteiger partial charge in [-0.05, 0) is 109 Å². The number of phosphoric acid groups is 1. The molecule has 488 valence electrons. The Labute approximate surface area is 523 Å². The van der Waals surface area contributed by atoms with Crippen LogP contribution in [-0.2, 0) is 32.7 Å². The van der Waals surface area contributed by atoms with Gasteiger partial charge in [0.05, 0.1) is 13.2 Å². The van der Waals surface area contributed by atoms with Crippen LogP contribution in [0.1, 0.15) is 309 Å². The van der Waals surface area contributed by atoms with E-state index in [1.54, 1.807) is 0 Å². The Kier molecular flexibility index (Phi) is 66.6. The smallest absolute Gasteiger partial charge is 0.462 e. The summed E-state index contributed by atoms with van der Waals surface area (Å²) in [6.45, 7) is 3.61. The molecule has 0 aliphatic carbocycles. The number of carbonyl (C=O) groups excluding carboxylic acids is 2. The van der Waals surface area contributed by atoms with Gasteiger partial charge < -0.3 is 20.1 Å². The molecule has 0 spiro atoms. The second-order valence-corrected chi connectivity index (χ2v) is 24.5. The molecule has 0 rings (SSSR count). The predicted molar refractivity (Wildman–Crippen MR) is 367 cm³/mol. The molecule has 0 aromatic rings. The lowest BCUT2D eigenvalue weighted by Crippen LogP contribution is -2.29. The first-order chi connectivity index (χ1) is 41.8. The summed E-state index contributed by atoms with van der Waals surface area (Å²) in [5.41, 5.74) is 5.40. The molecule has 2 atom stereocenters. The van der Waals surface area contributed by atoms with Crippen molar-refractivity contribution in [2.75, 3.05) is 26.4 Å². The Morgan fingerprint density at radius 2 is 0.647 bits per heavy atom. The third-order valence-electron chi connectivity index (χ3n) is 14.8. The van der Waals surface area contributed by atoms with Gasteiger partial charge in [0.2, 0.25) is 0 Å². The highest BCUT2D eigenvalue weighted by atomic mass is 31.2. The molecule has 0 aromatic heterocycles. The zero-order valence-corrected chi connectivity index (χ0v) is 55.7. The molecule has 0 radical (unpaired) electrons. The minimum Gasteiger partial charge on any atom is -0.462 e. The number of carbonyl (C=O) groups is 2. The van der Waals surface area contributed by atoms with Gasteiger partial charge in [0.1, 0.15) is 6.61 Å². The van der Waals surface area contributed by atoms with Crippen molar-refractivity contribution in [3.63, 3.8) is 0 Å². The summed E-state index contributed by atoms with van der Waals surface area (Å²) >= 11 is 0. The molecule has 0 amide bonds. The molecule has 0 heterocycles. The number of allylic oxidation sites excluding steroid dienone is 20. The molecule has 9 nitrogen and oxygen atoms in total. The highest BCUT2D eigenvalue weighted by molar-refractivity contribution is 7.47. The normalized spacial score (nSPS) is 13.7. The molecule has 0 saturated carbocycles. The van der Waals surface area contributed by atoms with Crippen LogP contribution >= 0.6 is 7.82 Å². The van der Waals surface area contributed by atoms with Crippen LogP contribution in [0.25, 0.3) is 0 Å². The topological polar surface area (TPSA) is 134 Å². The van der Waals surface area contributed by atoms with E-state index >= 15 is 0 Å². The maximum Gasteiger partial charge on any atom is 0.472 e. The molecule has 0 aliphatic rings. The van der Waals surface area contributed by atoms with E-state index in [9.17, 15) is 19.0 Å². The van der Waals surface area contributed by atoms with Crippen molar-refractivity contribution >= 4 is 19.8 Å². The van der Waals surface area contributed by atoms with Gasteiger partial charge in [-0.25, -0.2) is 4.57 Å². The summed E-state index contributed by atoms with van der Waals surface area (Å²) in [6.07, 6.45) is 97.2. The van der Waals surface area contributed by atoms with E-state index in [1.165, 1.54) is 173 Å². The zero-order chi connectivity index (χ0) is 61.6. The summed E-state index contributed by atoms with van der Waals surface area (Å²) in [5.74, 6) is -0.854. The van der Waals surface area contributed by atoms with Crippen molar-refractivity contribution in [3.05, 3.63) is 122 Å². The van der Waals surface area contributed by atoms with Crippen molar-refractivity contribution in [1.82, 2.24) is 0 Å². The lowest BCUT2D eigenvalue weighted by atomic mass is 10.0. The third-order valence-corrected chi connectivity index (χ3v) is 15.8. The fraction of sp³-hybridized carbons (Fsp3) is 0.707. The van der Waals surface area contributed by atoms with Gasteiger partial charge in [0, 0.05) is 19.4 Å². The first-order valence-electron chi connectivity index (χ1n) is 35.0. The minimum atomic E-state index is -4.41. The van der Waals surface area contributed by atoms with Crippen molar-refractivity contribution in [2.24, 2.45) is 5.73 Å². The maximum absolute atomic E-state index is 12.7. The lowest BCUT2D eigenvalue weighted by molar-refractivity contribution is -0.161. The number of hydrogen-bond acceptors (Lipinski definition) is 8. The predicted octanol–water partition coefficient (Wildman–Crippen LogP) is 23.1. The quantitative estimate of drug-likeness (QED) is 0.0264. The highest BCUT2D eigenvalue weighted by Gasteiger charge is 2.26. The average molecular weight is 1200 g/mol. The van der Waals surface area contributed by atoms with Crippen molar-refractivity contribution in [1.29, 1.82) is 0 Å². The number of ether oxygens (including phenoxy) is 2. The molecule has 0 fully saturated rings. The summed E-state index contributed by atoms with van der Waals surface area (Å²) in [4.78, 5) is 35.3. The Balaban J connectivity index is 3.92. The molecular formula is C75H130NO8P. The van der Waals surface area contributed by atoms with Gasteiger partial charge in [0.25, 0.3) is 0 Å². The molecule has 10 heteroatoms. The molecule has 0 bridgehead atoms. The van der Waals surface area contributed by atoms with E-state index in [1.807, 2.05) is 0 Å². The van der Waals surface area contributed by atoms with E-state index < -0.39 is 26.5 Å². The number of hydrogen-bond donors (Lipinski definition) is 2. The van der Waals surface area contributed by atoms with E-state index in [0.29, 0.717) is 6.42 Å².